The Kier molecular flexibility index (Phi) is 5.22. The number of nitrogens with one attached hydrogen (secondary N) is 3. The Morgan fingerprint density at radius 3 is 2.59 bits per heavy atom. The average molecular weight is 514 g/mol. The van der Waals surface area contributed by atoms with Gasteiger partial charge in [-0.1, -0.05) is 41.4 Å². The normalized spacial score (nSPS) is 33.4. The van der Waals surface area contributed by atoms with E-state index < -0.39 is 52.7 Å². The first kappa shape index (κ1) is 23.4. The molecule has 180 valence electrons. The molecule has 0 radical (unpaired) electrons. The highest BCUT2D eigenvalue weighted by molar-refractivity contribution is 6.31. The number of alkyl halides is 2. The number of benzene rings is 2. The molecule has 1 spiro atoms. The number of hydrogen-bond donors (Lipinski definition) is 4. The van der Waals surface area contributed by atoms with Crippen LogP contribution in [0.25, 0.3) is 0 Å². The molecule has 0 aromatic heterocycles. The molecule has 2 aliphatic heterocycles. The third kappa shape index (κ3) is 3.25. The lowest BCUT2D eigenvalue weighted by Gasteiger charge is -2.41. The monoisotopic (exact) mass is 513 g/mol. The van der Waals surface area contributed by atoms with Crippen molar-refractivity contribution >= 4 is 40.7 Å². The summed E-state index contributed by atoms with van der Waals surface area (Å²) in [5.74, 6) is -4.57. The third-order valence-electron chi connectivity index (χ3n) is 6.96. The summed E-state index contributed by atoms with van der Waals surface area (Å²) in [4.78, 5) is 26.6. The van der Waals surface area contributed by atoms with Crippen molar-refractivity contribution in [1.29, 1.82) is 0 Å². The van der Waals surface area contributed by atoms with Gasteiger partial charge in [-0.3, -0.25) is 9.59 Å². The van der Waals surface area contributed by atoms with Crippen molar-refractivity contribution in [2.45, 2.75) is 54.8 Å². The molecule has 4 N–H and O–H groups in total. The number of carbonyl (C=O) groups excluding carboxylic acids is 2. The number of anilines is 1. The topological polar surface area (TPSA) is 90.5 Å². The maximum absolute atomic E-state index is 15.9. The molecule has 1 saturated carbocycles. The van der Waals surface area contributed by atoms with Crippen LogP contribution in [0.5, 0.6) is 0 Å². The predicted octanol–water partition coefficient (Wildman–Crippen LogP) is 3.70. The summed E-state index contributed by atoms with van der Waals surface area (Å²) in [7, 11) is 0. The van der Waals surface area contributed by atoms with Gasteiger partial charge in [-0.05, 0) is 49.1 Å². The van der Waals surface area contributed by atoms with E-state index in [1.54, 1.807) is 6.92 Å². The lowest BCUT2D eigenvalue weighted by Crippen LogP contribution is -2.57. The summed E-state index contributed by atoms with van der Waals surface area (Å²) in [5, 5.41) is 16.9. The molecule has 0 unspecified atom stereocenters. The fourth-order valence-corrected chi connectivity index (χ4v) is 5.90. The number of hydrogen-bond acceptors (Lipinski definition) is 4. The van der Waals surface area contributed by atoms with E-state index in [4.69, 9.17) is 23.2 Å². The van der Waals surface area contributed by atoms with Gasteiger partial charge in [-0.25, -0.2) is 9.71 Å². The van der Waals surface area contributed by atoms with Gasteiger partial charge in [-0.2, -0.15) is 8.78 Å². The van der Waals surface area contributed by atoms with E-state index in [0.717, 1.165) is 0 Å². The van der Waals surface area contributed by atoms with Crippen LogP contribution in [0.2, 0.25) is 10.0 Å². The van der Waals surface area contributed by atoms with Crippen LogP contribution in [0.4, 0.5) is 18.9 Å². The molecule has 2 aromatic rings. The molecule has 5 rings (SSSR count). The fourth-order valence-electron chi connectivity index (χ4n) is 5.55. The Morgan fingerprint density at radius 2 is 1.91 bits per heavy atom. The smallest absolute Gasteiger partial charge is 0.322 e. The summed E-state index contributed by atoms with van der Waals surface area (Å²) in [6, 6.07) is 1.77. The van der Waals surface area contributed by atoms with Crippen LogP contribution >= 0.6 is 23.2 Å². The van der Waals surface area contributed by atoms with Crippen molar-refractivity contribution in [1.82, 2.24) is 10.6 Å². The van der Waals surface area contributed by atoms with Gasteiger partial charge in [0, 0.05) is 22.7 Å². The molecule has 3 aliphatic rings. The van der Waals surface area contributed by atoms with E-state index in [1.807, 2.05) is 5.32 Å². The Morgan fingerprint density at radius 1 is 1.21 bits per heavy atom. The third-order valence-corrected chi connectivity index (χ3v) is 7.49. The van der Waals surface area contributed by atoms with Crippen LogP contribution in [0, 0.1) is 5.82 Å². The molecule has 11 heteroatoms. The highest BCUT2D eigenvalue weighted by atomic mass is 35.5. The van der Waals surface area contributed by atoms with Crippen LogP contribution < -0.4 is 16.0 Å². The molecule has 6 nitrogen and oxygen atoms in total. The zero-order valence-corrected chi connectivity index (χ0v) is 19.3. The van der Waals surface area contributed by atoms with Gasteiger partial charge in [-0.15, -0.1) is 0 Å². The van der Waals surface area contributed by atoms with Crippen LogP contribution in [0.1, 0.15) is 36.8 Å². The van der Waals surface area contributed by atoms with Crippen molar-refractivity contribution < 1.29 is 27.9 Å². The SMILES string of the molecule is C[C@]1(O)C[C@@H](NC(=O)[C@@H]2NC(F)(F)[C@@]3(C(=O)Nc4cc(Cl)ccc43)[C@H]2c2cccc(Cl)c2F)C1. The Hall–Kier alpha value is -2.33. The predicted molar refractivity (Wildman–Crippen MR) is 120 cm³/mol. The fraction of sp³-hybridized carbons (Fsp3) is 0.391. The highest BCUT2D eigenvalue weighted by Gasteiger charge is 2.75. The summed E-state index contributed by atoms with van der Waals surface area (Å²) < 4.78 is 47.0. The van der Waals surface area contributed by atoms with E-state index in [9.17, 15) is 14.7 Å². The standard InChI is InChI=1S/C23H20Cl2F3N3O3/c1-21(34)8-11(9-21)29-19(32)18-16(12-3-2-4-14(25)17(12)26)22(23(27,28)31-18)13-6-5-10(24)7-15(13)30-20(22)33/h2-7,11,16,18,31,34H,8-9H2,1H3,(H,29,32)(H,30,33)/t11-,16-,18+,21+,22+/m0/s1. The van der Waals surface area contributed by atoms with Crippen LogP contribution in [-0.4, -0.2) is 40.7 Å². The molecular formula is C23H20Cl2F3N3O3. The minimum Gasteiger partial charge on any atom is -0.390 e. The Labute approximate surface area is 202 Å². The first-order valence-electron chi connectivity index (χ1n) is 10.6. The first-order valence-corrected chi connectivity index (χ1v) is 11.4. The maximum Gasteiger partial charge on any atom is 0.322 e. The van der Waals surface area contributed by atoms with E-state index in [2.05, 4.69) is 10.6 Å². The number of carbonyl (C=O) groups is 2. The molecular weight excluding hydrogens is 494 g/mol. The molecule has 2 heterocycles. The van der Waals surface area contributed by atoms with Gasteiger partial charge >= 0.3 is 6.05 Å². The Bertz CT molecular complexity index is 1220. The molecule has 2 aromatic carbocycles. The molecule has 1 saturated heterocycles. The van der Waals surface area contributed by atoms with Crippen molar-refractivity contribution in [3.05, 3.63) is 63.4 Å². The van der Waals surface area contributed by atoms with Gasteiger partial charge in [0.2, 0.25) is 11.8 Å². The quantitative estimate of drug-likeness (QED) is 0.471. The lowest BCUT2D eigenvalue weighted by molar-refractivity contribution is -0.139. The Balaban J connectivity index is 1.67. The van der Waals surface area contributed by atoms with E-state index in [-0.39, 0.29) is 39.7 Å². The largest absolute Gasteiger partial charge is 0.390 e. The average Bonchev–Trinajstić information content (AvgIpc) is 3.14. The van der Waals surface area contributed by atoms with Gasteiger partial charge in [0.25, 0.3) is 0 Å². The van der Waals surface area contributed by atoms with E-state index in [1.165, 1.54) is 36.4 Å². The second-order valence-electron chi connectivity index (χ2n) is 9.38. The zero-order chi connectivity index (χ0) is 24.6. The van der Waals surface area contributed by atoms with Crippen molar-refractivity contribution in [2.75, 3.05) is 5.32 Å². The number of rotatable bonds is 3. The van der Waals surface area contributed by atoms with Crippen molar-refractivity contribution in [2.24, 2.45) is 0 Å². The maximum atomic E-state index is 15.9. The molecule has 2 amide bonds. The van der Waals surface area contributed by atoms with Crippen molar-refractivity contribution in [3.8, 4) is 0 Å². The van der Waals surface area contributed by atoms with Crippen molar-refractivity contribution in [3.63, 3.8) is 0 Å². The summed E-state index contributed by atoms with van der Waals surface area (Å²) >= 11 is 12.0. The lowest BCUT2D eigenvalue weighted by atomic mass is 9.66. The highest BCUT2D eigenvalue weighted by Crippen LogP contribution is 2.60. The molecule has 0 bridgehead atoms. The van der Waals surface area contributed by atoms with E-state index in [0.29, 0.717) is 0 Å². The number of aliphatic hydroxyl groups is 1. The summed E-state index contributed by atoms with van der Waals surface area (Å²) in [6.45, 7) is 1.60. The van der Waals surface area contributed by atoms with Gasteiger partial charge in [0.1, 0.15) is 5.82 Å². The van der Waals surface area contributed by atoms with Gasteiger partial charge in [0.05, 0.1) is 16.7 Å². The minimum absolute atomic E-state index is 0.0579. The summed E-state index contributed by atoms with van der Waals surface area (Å²) in [6.07, 6.45) is 0.482. The summed E-state index contributed by atoms with van der Waals surface area (Å²) in [5.41, 5.74) is -3.95. The van der Waals surface area contributed by atoms with Gasteiger partial charge in [0.15, 0.2) is 5.41 Å². The first-order chi connectivity index (χ1) is 15.9. The van der Waals surface area contributed by atoms with Crippen LogP contribution in [0.15, 0.2) is 36.4 Å². The van der Waals surface area contributed by atoms with Gasteiger partial charge < -0.3 is 15.7 Å². The zero-order valence-electron chi connectivity index (χ0n) is 17.8. The van der Waals surface area contributed by atoms with Crippen LogP contribution in [-0.2, 0) is 15.0 Å². The van der Waals surface area contributed by atoms with E-state index >= 15 is 13.2 Å². The van der Waals surface area contributed by atoms with Crippen LogP contribution in [0.3, 0.4) is 0 Å². The number of halogens is 5. The molecule has 2 fully saturated rings. The number of amides is 2. The number of fused-ring (bicyclic) bond motifs is 2. The molecule has 3 atom stereocenters. The molecule has 1 aliphatic carbocycles. The second-order valence-corrected chi connectivity index (χ2v) is 10.2. The minimum atomic E-state index is -3.94. The molecule has 34 heavy (non-hydrogen) atoms. The second kappa shape index (κ2) is 7.58.